The quantitative estimate of drug-likeness (QED) is 0.864. The zero-order valence-corrected chi connectivity index (χ0v) is 9.11. The van der Waals surface area contributed by atoms with Crippen molar-refractivity contribution in [2.45, 2.75) is 12.5 Å². The van der Waals surface area contributed by atoms with Gasteiger partial charge in [0.1, 0.15) is 11.6 Å². The molecular weight excluding hydrogens is 222 g/mol. The largest absolute Gasteiger partial charge is 0.388 e. The number of aliphatic hydroxyl groups excluding tert-OH is 1. The van der Waals surface area contributed by atoms with E-state index in [1.165, 1.54) is 24.3 Å². The van der Waals surface area contributed by atoms with E-state index in [1.807, 2.05) is 0 Å². The fraction of sp³-hybridized carbons (Fsp3) is 0.143. The van der Waals surface area contributed by atoms with E-state index in [9.17, 15) is 13.9 Å². The first kappa shape index (κ1) is 11.7. The van der Waals surface area contributed by atoms with Gasteiger partial charge in [-0.3, -0.25) is 0 Å². The molecule has 2 aromatic carbocycles. The average molecular weight is 234 g/mol. The average Bonchev–Trinajstić information content (AvgIpc) is 2.32. The predicted octanol–water partition coefficient (Wildman–Crippen LogP) is 3.24. The van der Waals surface area contributed by atoms with Gasteiger partial charge in [0.05, 0.1) is 6.10 Å². The van der Waals surface area contributed by atoms with Crippen molar-refractivity contribution in [3.8, 4) is 0 Å². The van der Waals surface area contributed by atoms with Gasteiger partial charge in [0.2, 0.25) is 0 Å². The molecule has 0 amide bonds. The lowest BCUT2D eigenvalue weighted by Crippen LogP contribution is -2.02. The molecule has 0 aliphatic carbocycles. The lowest BCUT2D eigenvalue weighted by Gasteiger charge is -2.11. The Labute approximate surface area is 98.3 Å². The summed E-state index contributed by atoms with van der Waals surface area (Å²) in [6.45, 7) is 0. The summed E-state index contributed by atoms with van der Waals surface area (Å²) in [7, 11) is 0. The van der Waals surface area contributed by atoms with Crippen LogP contribution in [-0.4, -0.2) is 5.11 Å². The van der Waals surface area contributed by atoms with E-state index in [4.69, 9.17) is 0 Å². The topological polar surface area (TPSA) is 20.2 Å². The summed E-state index contributed by atoms with van der Waals surface area (Å²) in [5.41, 5.74) is 1.33. The van der Waals surface area contributed by atoms with Crippen LogP contribution in [0.5, 0.6) is 0 Å². The van der Waals surface area contributed by atoms with E-state index in [1.54, 1.807) is 24.3 Å². The van der Waals surface area contributed by atoms with E-state index in [0.717, 1.165) is 5.56 Å². The highest BCUT2D eigenvalue weighted by molar-refractivity contribution is 5.23. The molecule has 1 nitrogen and oxygen atoms in total. The highest BCUT2D eigenvalue weighted by Crippen LogP contribution is 2.19. The molecule has 2 aromatic rings. The maximum atomic E-state index is 13.0. The molecule has 88 valence electrons. The van der Waals surface area contributed by atoms with Crippen LogP contribution < -0.4 is 0 Å². The van der Waals surface area contributed by atoms with Gasteiger partial charge in [-0.1, -0.05) is 24.3 Å². The van der Waals surface area contributed by atoms with Gasteiger partial charge in [-0.2, -0.15) is 0 Å². The number of hydrogen-bond acceptors (Lipinski definition) is 1. The number of halogens is 2. The minimum absolute atomic E-state index is 0.311. The summed E-state index contributed by atoms with van der Waals surface area (Å²) in [5.74, 6) is -0.686. The van der Waals surface area contributed by atoms with E-state index < -0.39 is 6.10 Å². The Balaban J connectivity index is 2.11. The smallest absolute Gasteiger partial charge is 0.123 e. The van der Waals surface area contributed by atoms with Gasteiger partial charge in [0.25, 0.3) is 0 Å². The molecule has 0 aliphatic rings. The summed E-state index contributed by atoms with van der Waals surface area (Å²) < 4.78 is 25.6. The highest BCUT2D eigenvalue weighted by atomic mass is 19.1. The first-order chi connectivity index (χ1) is 8.15. The third kappa shape index (κ3) is 3.11. The van der Waals surface area contributed by atoms with E-state index in [2.05, 4.69) is 0 Å². The fourth-order valence-corrected chi connectivity index (χ4v) is 1.68. The van der Waals surface area contributed by atoms with Crippen molar-refractivity contribution in [1.82, 2.24) is 0 Å². The lowest BCUT2D eigenvalue weighted by atomic mass is 10.0. The minimum Gasteiger partial charge on any atom is -0.388 e. The summed E-state index contributed by atoms with van der Waals surface area (Å²) in [5, 5.41) is 9.91. The molecular formula is C14H12F2O. The maximum absolute atomic E-state index is 13.0. The number of aliphatic hydroxyl groups is 1. The molecule has 0 fully saturated rings. The highest BCUT2D eigenvalue weighted by Gasteiger charge is 2.09. The van der Waals surface area contributed by atoms with Crippen molar-refractivity contribution in [1.29, 1.82) is 0 Å². The number of hydrogen-bond donors (Lipinski definition) is 1. The normalized spacial score (nSPS) is 12.4. The minimum atomic E-state index is -0.781. The second-order valence-electron chi connectivity index (χ2n) is 3.90. The lowest BCUT2D eigenvalue weighted by molar-refractivity contribution is 0.178. The van der Waals surface area contributed by atoms with Crippen molar-refractivity contribution in [2.24, 2.45) is 0 Å². The monoisotopic (exact) mass is 234 g/mol. The van der Waals surface area contributed by atoms with Gasteiger partial charge in [-0.05, 0) is 35.4 Å². The molecule has 1 unspecified atom stereocenters. The van der Waals surface area contributed by atoms with Crippen molar-refractivity contribution in [3.05, 3.63) is 71.3 Å². The van der Waals surface area contributed by atoms with Crippen LogP contribution in [0.15, 0.2) is 48.5 Å². The first-order valence-corrected chi connectivity index (χ1v) is 5.33. The van der Waals surface area contributed by atoms with Gasteiger partial charge in [-0.25, -0.2) is 8.78 Å². The van der Waals surface area contributed by atoms with Gasteiger partial charge < -0.3 is 5.11 Å². The van der Waals surface area contributed by atoms with Crippen molar-refractivity contribution in [3.63, 3.8) is 0 Å². The molecule has 0 aromatic heterocycles. The van der Waals surface area contributed by atoms with E-state index in [-0.39, 0.29) is 11.6 Å². The van der Waals surface area contributed by atoms with Gasteiger partial charge in [0.15, 0.2) is 0 Å². The molecule has 0 spiro atoms. The summed E-state index contributed by atoms with van der Waals surface area (Å²) in [4.78, 5) is 0. The Morgan fingerprint density at radius 2 is 1.65 bits per heavy atom. The van der Waals surface area contributed by atoms with E-state index >= 15 is 0 Å². The molecule has 1 atom stereocenters. The Morgan fingerprint density at radius 1 is 0.941 bits per heavy atom. The Hall–Kier alpha value is -1.74. The standard InChI is InChI=1S/C14H12F2O/c15-12-6-4-10(5-7-12)8-14(17)11-2-1-3-13(16)9-11/h1-7,9,14,17H,8H2. The maximum Gasteiger partial charge on any atom is 0.123 e. The molecule has 17 heavy (non-hydrogen) atoms. The molecule has 0 saturated carbocycles. The van der Waals surface area contributed by atoms with Crippen LogP contribution in [0.2, 0.25) is 0 Å². The zero-order chi connectivity index (χ0) is 12.3. The molecule has 0 radical (unpaired) electrons. The summed E-state index contributed by atoms with van der Waals surface area (Å²) in [6, 6.07) is 11.7. The predicted molar refractivity (Wildman–Crippen MR) is 61.5 cm³/mol. The molecule has 1 N–H and O–H groups in total. The van der Waals surface area contributed by atoms with Crippen LogP contribution in [0.4, 0.5) is 8.78 Å². The third-order valence-corrected chi connectivity index (χ3v) is 2.58. The molecule has 2 rings (SSSR count). The Morgan fingerprint density at radius 3 is 2.29 bits per heavy atom. The summed E-state index contributed by atoms with van der Waals surface area (Å²) >= 11 is 0. The van der Waals surface area contributed by atoms with Crippen molar-refractivity contribution < 1.29 is 13.9 Å². The van der Waals surface area contributed by atoms with Crippen LogP contribution in [0.25, 0.3) is 0 Å². The zero-order valence-electron chi connectivity index (χ0n) is 9.11. The number of rotatable bonds is 3. The van der Waals surface area contributed by atoms with Crippen molar-refractivity contribution >= 4 is 0 Å². The first-order valence-electron chi connectivity index (χ1n) is 5.33. The van der Waals surface area contributed by atoms with Crippen LogP contribution >= 0.6 is 0 Å². The Bertz CT molecular complexity index is 494. The van der Waals surface area contributed by atoms with Crippen LogP contribution in [0, 0.1) is 11.6 Å². The summed E-state index contributed by atoms with van der Waals surface area (Å²) in [6.07, 6.45) is -0.444. The molecule has 0 heterocycles. The number of benzene rings is 2. The third-order valence-electron chi connectivity index (χ3n) is 2.58. The SMILES string of the molecule is OC(Cc1ccc(F)cc1)c1cccc(F)c1. The van der Waals surface area contributed by atoms with Crippen LogP contribution in [0.1, 0.15) is 17.2 Å². The fourth-order valence-electron chi connectivity index (χ4n) is 1.68. The van der Waals surface area contributed by atoms with Gasteiger partial charge in [-0.15, -0.1) is 0 Å². The Kier molecular flexibility index (Phi) is 3.49. The second-order valence-corrected chi connectivity index (χ2v) is 3.90. The van der Waals surface area contributed by atoms with Crippen LogP contribution in [-0.2, 0) is 6.42 Å². The van der Waals surface area contributed by atoms with Crippen molar-refractivity contribution in [2.75, 3.05) is 0 Å². The van der Waals surface area contributed by atoms with E-state index in [0.29, 0.717) is 12.0 Å². The van der Waals surface area contributed by atoms with Crippen LogP contribution in [0.3, 0.4) is 0 Å². The van der Waals surface area contributed by atoms with Gasteiger partial charge >= 0.3 is 0 Å². The molecule has 0 bridgehead atoms. The second kappa shape index (κ2) is 5.06. The molecule has 3 heteroatoms. The molecule has 0 aliphatic heterocycles. The van der Waals surface area contributed by atoms with Gasteiger partial charge in [0, 0.05) is 6.42 Å². The molecule has 0 saturated heterocycles.